The van der Waals surface area contributed by atoms with E-state index >= 15 is 0 Å². The van der Waals surface area contributed by atoms with Crippen LogP contribution in [0.25, 0.3) is 0 Å². The summed E-state index contributed by atoms with van der Waals surface area (Å²) in [5.74, 6) is 1.93. The summed E-state index contributed by atoms with van der Waals surface area (Å²) in [5, 5.41) is 6.36. The summed E-state index contributed by atoms with van der Waals surface area (Å²) in [5.41, 5.74) is 0.668. The lowest BCUT2D eigenvalue weighted by Gasteiger charge is -2.23. The number of carbonyl (C=O) groups is 1. The van der Waals surface area contributed by atoms with E-state index in [4.69, 9.17) is 9.73 Å². The number of anilines is 1. The van der Waals surface area contributed by atoms with Crippen molar-refractivity contribution >= 4 is 41.8 Å². The summed E-state index contributed by atoms with van der Waals surface area (Å²) in [4.78, 5) is 26.0. The van der Waals surface area contributed by atoms with E-state index in [0.29, 0.717) is 6.54 Å². The van der Waals surface area contributed by atoms with Crippen LogP contribution in [0.3, 0.4) is 0 Å². The van der Waals surface area contributed by atoms with Gasteiger partial charge in [0, 0.05) is 38.9 Å². The van der Waals surface area contributed by atoms with Gasteiger partial charge in [-0.25, -0.2) is 14.8 Å². The standard InChI is InChI=1S/C22H36N6O2.HI/c1-5-23-20(28-13-9-18(16-28)26-21(29)30-22(2,3)4)25-15-17-8-10-24-19(14-17)27-11-6-7-12-27;/h8,10,14,18H,5-7,9,11-13,15-16H2,1-4H3,(H,23,25)(H,26,29);1H. The molecule has 0 spiro atoms. The zero-order valence-corrected chi connectivity index (χ0v) is 21.5. The molecule has 1 amide bonds. The molecular weight excluding hydrogens is 507 g/mol. The van der Waals surface area contributed by atoms with Gasteiger partial charge in [-0.15, -0.1) is 24.0 Å². The molecule has 1 atom stereocenters. The van der Waals surface area contributed by atoms with Gasteiger partial charge in [-0.2, -0.15) is 0 Å². The number of hydrogen-bond acceptors (Lipinski definition) is 5. The van der Waals surface area contributed by atoms with Gasteiger partial charge in [0.2, 0.25) is 0 Å². The number of rotatable bonds is 5. The van der Waals surface area contributed by atoms with E-state index in [2.05, 4.69) is 38.4 Å². The largest absolute Gasteiger partial charge is 0.444 e. The average molecular weight is 544 g/mol. The fraction of sp³-hybridized carbons (Fsp3) is 0.682. The molecule has 8 nitrogen and oxygen atoms in total. The number of carbonyl (C=O) groups excluding carboxylic acids is 1. The molecule has 0 radical (unpaired) electrons. The monoisotopic (exact) mass is 544 g/mol. The lowest BCUT2D eigenvalue weighted by molar-refractivity contribution is 0.0507. The van der Waals surface area contributed by atoms with Crippen molar-refractivity contribution in [2.24, 2.45) is 4.99 Å². The van der Waals surface area contributed by atoms with Gasteiger partial charge in [-0.1, -0.05) is 0 Å². The van der Waals surface area contributed by atoms with Gasteiger partial charge in [0.25, 0.3) is 0 Å². The van der Waals surface area contributed by atoms with E-state index in [0.717, 1.165) is 56.5 Å². The number of nitrogens with zero attached hydrogens (tertiary/aromatic N) is 4. The zero-order valence-electron chi connectivity index (χ0n) is 19.2. The molecule has 1 aromatic heterocycles. The molecule has 174 valence electrons. The number of amides is 1. The van der Waals surface area contributed by atoms with E-state index in [-0.39, 0.29) is 36.1 Å². The maximum absolute atomic E-state index is 12.1. The number of likely N-dealkylation sites (tertiary alicyclic amines) is 1. The Kier molecular flexibility index (Phi) is 9.64. The fourth-order valence-corrected chi connectivity index (χ4v) is 3.81. The van der Waals surface area contributed by atoms with E-state index in [1.165, 1.54) is 12.8 Å². The van der Waals surface area contributed by atoms with Crippen LogP contribution in [0.2, 0.25) is 0 Å². The molecule has 2 fully saturated rings. The zero-order chi connectivity index (χ0) is 21.6. The van der Waals surface area contributed by atoms with Crippen LogP contribution >= 0.6 is 24.0 Å². The number of alkyl carbamates (subject to hydrolysis) is 1. The van der Waals surface area contributed by atoms with Crippen molar-refractivity contribution < 1.29 is 9.53 Å². The Balaban J connectivity index is 0.00000341. The molecule has 3 heterocycles. The molecule has 0 saturated carbocycles. The number of guanidine groups is 1. The van der Waals surface area contributed by atoms with Crippen LogP contribution in [0.5, 0.6) is 0 Å². The van der Waals surface area contributed by atoms with Gasteiger partial charge in [-0.3, -0.25) is 0 Å². The van der Waals surface area contributed by atoms with Crippen molar-refractivity contribution in [3.05, 3.63) is 23.9 Å². The third-order valence-corrected chi connectivity index (χ3v) is 5.19. The molecule has 9 heteroatoms. The van der Waals surface area contributed by atoms with Gasteiger partial charge < -0.3 is 25.2 Å². The van der Waals surface area contributed by atoms with Crippen molar-refractivity contribution in [1.29, 1.82) is 0 Å². The Bertz CT molecular complexity index is 746. The van der Waals surface area contributed by atoms with E-state index < -0.39 is 5.60 Å². The molecule has 2 aliphatic heterocycles. The average Bonchev–Trinajstić information content (AvgIpc) is 3.36. The number of nitrogens with one attached hydrogen (secondary N) is 2. The lowest BCUT2D eigenvalue weighted by atomic mass is 10.2. The van der Waals surface area contributed by atoms with Crippen molar-refractivity contribution in [2.45, 2.75) is 65.1 Å². The number of pyridine rings is 1. The van der Waals surface area contributed by atoms with E-state index in [9.17, 15) is 4.79 Å². The Morgan fingerprint density at radius 3 is 2.71 bits per heavy atom. The molecule has 0 aliphatic carbocycles. The Labute approximate surface area is 203 Å². The highest BCUT2D eigenvalue weighted by Gasteiger charge is 2.27. The number of ether oxygens (including phenoxy) is 1. The molecule has 3 rings (SSSR count). The molecule has 2 N–H and O–H groups in total. The molecule has 2 aliphatic rings. The number of aromatic nitrogens is 1. The van der Waals surface area contributed by atoms with E-state index in [1.54, 1.807) is 0 Å². The predicted molar refractivity (Wildman–Crippen MR) is 135 cm³/mol. The summed E-state index contributed by atoms with van der Waals surface area (Å²) in [6.07, 6.45) is 4.87. The van der Waals surface area contributed by atoms with Gasteiger partial charge in [0.1, 0.15) is 11.4 Å². The van der Waals surface area contributed by atoms with E-state index in [1.807, 2.05) is 33.0 Å². The second-order valence-electron chi connectivity index (χ2n) is 8.96. The first-order valence-electron chi connectivity index (χ1n) is 11.1. The molecule has 2 saturated heterocycles. The topological polar surface area (TPSA) is 82.1 Å². The summed E-state index contributed by atoms with van der Waals surface area (Å²) < 4.78 is 5.38. The van der Waals surface area contributed by atoms with Crippen LogP contribution in [-0.4, -0.2) is 66.3 Å². The van der Waals surface area contributed by atoms with Crippen LogP contribution in [-0.2, 0) is 11.3 Å². The van der Waals surface area contributed by atoms with Crippen LogP contribution in [0.4, 0.5) is 10.6 Å². The van der Waals surface area contributed by atoms with Gasteiger partial charge in [0.05, 0.1) is 12.6 Å². The third kappa shape index (κ3) is 8.01. The second kappa shape index (κ2) is 11.7. The minimum Gasteiger partial charge on any atom is -0.444 e. The van der Waals surface area contributed by atoms with Crippen LogP contribution < -0.4 is 15.5 Å². The van der Waals surface area contributed by atoms with Crippen LogP contribution in [0.15, 0.2) is 23.3 Å². The van der Waals surface area contributed by atoms with Crippen molar-refractivity contribution in [3.63, 3.8) is 0 Å². The van der Waals surface area contributed by atoms with Crippen molar-refractivity contribution in [2.75, 3.05) is 37.6 Å². The summed E-state index contributed by atoms with van der Waals surface area (Å²) in [6, 6.07) is 4.24. The van der Waals surface area contributed by atoms with Crippen molar-refractivity contribution in [3.8, 4) is 0 Å². The number of hydrogen-bond donors (Lipinski definition) is 2. The molecule has 0 aromatic carbocycles. The molecule has 1 aromatic rings. The first kappa shape index (κ1) is 25.5. The first-order chi connectivity index (χ1) is 14.3. The normalized spacial score (nSPS) is 19.2. The molecule has 0 bridgehead atoms. The van der Waals surface area contributed by atoms with Crippen LogP contribution in [0, 0.1) is 0 Å². The Morgan fingerprint density at radius 2 is 2.03 bits per heavy atom. The molecular formula is C22H37IN6O2. The third-order valence-electron chi connectivity index (χ3n) is 5.19. The highest BCUT2D eigenvalue weighted by Crippen LogP contribution is 2.19. The predicted octanol–water partition coefficient (Wildman–Crippen LogP) is 3.36. The van der Waals surface area contributed by atoms with Crippen LogP contribution in [0.1, 0.15) is 52.5 Å². The fourth-order valence-electron chi connectivity index (χ4n) is 3.81. The summed E-state index contributed by atoms with van der Waals surface area (Å²) in [7, 11) is 0. The minimum atomic E-state index is -0.489. The van der Waals surface area contributed by atoms with Gasteiger partial charge in [0.15, 0.2) is 5.96 Å². The SMILES string of the molecule is CCNC(=NCc1ccnc(N2CCCC2)c1)N1CCC(NC(=O)OC(C)(C)C)C1.I. The smallest absolute Gasteiger partial charge is 0.407 e. The lowest BCUT2D eigenvalue weighted by Crippen LogP contribution is -2.44. The second-order valence-corrected chi connectivity index (χ2v) is 8.96. The number of halogens is 1. The first-order valence-corrected chi connectivity index (χ1v) is 11.1. The van der Waals surface area contributed by atoms with Gasteiger partial charge >= 0.3 is 6.09 Å². The summed E-state index contributed by atoms with van der Waals surface area (Å²) in [6.45, 7) is 12.8. The highest BCUT2D eigenvalue weighted by molar-refractivity contribution is 14.0. The van der Waals surface area contributed by atoms with Crippen molar-refractivity contribution in [1.82, 2.24) is 20.5 Å². The molecule has 1 unspecified atom stereocenters. The Morgan fingerprint density at radius 1 is 1.29 bits per heavy atom. The Hall–Kier alpha value is -1.78. The van der Waals surface area contributed by atoms with Gasteiger partial charge in [-0.05, 0) is 64.7 Å². The highest BCUT2D eigenvalue weighted by atomic mass is 127. The minimum absolute atomic E-state index is 0. The maximum Gasteiger partial charge on any atom is 0.407 e. The maximum atomic E-state index is 12.1. The molecule has 31 heavy (non-hydrogen) atoms. The quantitative estimate of drug-likeness (QED) is 0.336. The summed E-state index contributed by atoms with van der Waals surface area (Å²) >= 11 is 0. The number of aliphatic imine (C=N–C) groups is 1.